The number of hydrogen-bond donors (Lipinski definition) is 3. The standard InChI is InChI=1S/C14H18N5O4P/c1-7-4-10(24(20,21)22)23-9(7)5-19-6-16-12-11(8-2-3-8)17-14(15)18-13(12)19/h6,8-10H,1-5H2,(H2,15,17,18)(H2,20,21,22)/t9-,10-/m1/s1. The molecule has 2 aromatic heterocycles. The number of ether oxygens (including phenoxy) is 1. The largest absolute Gasteiger partial charge is 0.368 e. The highest BCUT2D eigenvalue weighted by Gasteiger charge is 2.40. The normalized spacial score (nSPS) is 24.8. The number of nitrogens with two attached hydrogens (primary N) is 1. The molecule has 0 unspecified atom stereocenters. The number of hydrogen-bond acceptors (Lipinski definition) is 6. The number of anilines is 1. The molecule has 0 spiro atoms. The Morgan fingerprint density at radius 3 is 2.79 bits per heavy atom. The van der Waals surface area contributed by atoms with Gasteiger partial charge in [0.1, 0.15) is 5.52 Å². The maximum Gasteiger partial charge on any atom is 0.354 e. The first kappa shape index (κ1) is 15.7. The highest BCUT2D eigenvalue weighted by molar-refractivity contribution is 7.52. The minimum Gasteiger partial charge on any atom is -0.368 e. The van der Waals surface area contributed by atoms with Crippen molar-refractivity contribution >= 4 is 24.7 Å². The van der Waals surface area contributed by atoms with Crippen molar-refractivity contribution in [3.63, 3.8) is 0 Å². The molecule has 2 fully saturated rings. The molecule has 4 N–H and O–H groups in total. The topological polar surface area (TPSA) is 136 Å². The van der Waals surface area contributed by atoms with Crippen molar-refractivity contribution in [2.45, 2.75) is 43.7 Å². The van der Waals surface area contributed by atoms with Crippen molar-refractivity contribution in [3.05, 3.63) is 24.2 Å². The minimum atomic E-state index is -4.30. The van der Waals surface area contributed by atoms with Crippen LogP contribution in [0.1, 0.15) is 30.9 Å². The number of rotatable bonds is 4. The van der Waals surface area contributed by atoms with Gasteiger partial charge in [0.05, 0.1) is 24.7 Å². The van der Waals surface area contributed by atoms with E-state index in [9.17, 15) is 14.4 Å². The molecule has 1 saturated carbocycles. The molecule has 1 aliphatic heterocycles. The molecule has 24 heavy (non-hydrogen) atoms. The Morgan fingerprint density at radius 2 is 2.17 bits per heavy atom. The lowest BCUT2D eigenvalue weighted by atomic mass is 10.1. The molecule has 128 valence electrons. The predicted molar refractivity (Wildman–Crippen MR) is 86.2 cm³/mol. The third-order valence-electron chi connectivity index (χ3n) is 4.42. The van der Waals surface area contributed by atoms with E-state index < -0.39 is 19.5 Å². The molecule has 9 nitrogen and oxygen atoms in total. The molecule has 1 saturated heterocycles. The summed E-state index contributed by atoms with van der Waals surface area (Å²) in [6.45, 7) is 4.20. The molecule has 0 amide bonds. The van der Waals surface area contributed by atoms with Crippen LogP contribution in [-0.2, 0) is 15.8 Å². The Balaban J connectivity index is 1.64. The van der Waals surface area contributed by atoms with Crippen LogP contribution in [0.2, 0.25) is 0 Å². The molecule has 0 radical (unpaired) electrons. The van der Waals surface area contributed by atoms with Gasteiger partial charge in [0, 0.05) is 12.3 Å². The monoisotopic (exact) mass is 351 g/mol. The summed E-state index contributed by atoms with van der Waals surface area (Å²) in [5.41, 5.74) is 8.67. The van der Waals surface area contributed by atoms with Gasteiger partial charge in [-0.15, -0.1) is 0 Å². The molecule has 2 atom stereocenters. The number of aromatic nitrogens is 4. The third-order valence-corrected chi connectivity index (χ3v) is 5.48. The lowest BCUT2D eigenvalue weighted by Gasteiger charge is -2.15. The van der Waals surface area contributed by atoms with E-state index in [1.165, 1.54) is 0 Å². The zero-order chi connectivity index (χ0) is 17.1. The van der Waals surface area contributed by atoms with Gasteiger partial charge in [0.2, 0.25) is 5.95 Å². The number of nitrogen functional groups attached to an aromatic ring is 1. The van der Waals surface area contributed by atoms with Gasteiger partial charge < -0.3 is 24.8 Å². The van der Waals surface area contributed by atoms with E-state index >= 15 is 0 Å². The molecule has 3 heterocycles. The Kier molecular flexibility index (Phi) is 3.50. The summed E-state index contributed by atoms with van der Waals surface area (Å²) in [5.74, 6) is -0.546. The average molecular weight is 351 g/mol. The first-order valence-corrected chi connectivity index (χ1v) is 9.37. The van der Waals surface area contributed by atoms with E-state index in [2.05, 4.69) is 21.5 Å². The van der Waals surface area contributed by atoms with Gasteiger partial charge in [-0.1, -0.05) is 6.58 Å². The minimum absolute atomic E-state index is 0.145. The average Bonchev–Trinajstić information content (AvgIpc) is 3.17. The van der Waals surface area contributed by atoms with Crippen molar-refractivity contribution in [2.75, 3.05) is 5.73 Å². The van der Waals surface area contributed by atoms with Crippen LogP contribution in [0, 0.1) is 0 Å². The lowest BCUT2D eigenvalue weighted by Crippen LogP contribution is -2.18. The summed E-state index contributed by atoms with van der Waals surface area (Å²) in [6.07, 6.45) is 3.43. The van der Waals surface area contributed by atoms with Crippen LogP contribution in [-0.4, -0.2) is 41.3 Å². The molecule has 4 rings (SSSR count). The van der Waals surface area contributed by atoms with Crippen LogP contribution >= 0.6 is 7.60 Å². The first-order valence-electron chi connectivity index (χ1n) is 7.69. The van der Waals surface area contributed by atoms with Gasteiger partial charge in [-0.05, 0) is 18.4 Å². The summed E-state index contributed by atoms with van der Waals surface area (Å²) in [5, 5.41) is 0. The van der Waals surface area contributed by atoms with Crippen LogP contribution in [0.5, 0.6) is 0 Å². The van der Waals surface area contributed by atoms with Gasteiger partial charge in [-0.25, -0.2) is 9.97 Å². The predicted octanol–water partition coefficient (Wildman–Crippen LogP) is 1.13. The van der Waals surface area contributed by atoms with Crippen molar-refractivity contribution in [1.82, 2.24) is 19.5 Å². The fraction of sp³-hybridized carbons (Fsp3) is 0.500. The van der Waals surface area contributed by atoms with Crippen molar-refractivity contribution in [3.8, 4) is 0 Å². The van der Waals surface area contributed by atoms with Crippen LogP contribution < -0.4 is 5.73 Å². The van der Waals surface area contributed by atoms with E-state index in [1.54, 1.807) is 10.9 Å². The smallest absolute Gasteiger partial charge is 0.354 e. The Morgan fingerprint density at radius 1 is 1.42 bits per heavy atom. The molecule has 0 bridgehead atoms. The van der Waals surface area contributed by atoms with Crippen LogP contribution in [0.4, 0.5) is 5.95 Å². The number of fused-ring (bicyclic) bond motifs is 1. The Bertz CT molecular complexity index is 871. The zero-order valence-electron chi connectivity index (χ0n) is 12.9. The second-order valence-corrected chi connectivity index (χ2v) is 8.10. The molecular weight excluding hydrogens is 333 g/mol. The van der Waals surface area contributed by atoms with Crippen LogP contribution in [0.25, 0.3) is 11.2 Å². The molecular formula is C14H18N5O4P. The molecule has 2 aromatic rings. The van der Waals surface area contributed by atoms with Gasteiger partial charge in [-0.3, -0.25) is 4.57 Å². The summed E-state index contributed by atoms with van der Waals surface area (Å²) in [6, 6.07) is 0. The van der Waals surface area contributed by atoms with E-state index in [1.807, 2.05) is 0 Å². The zero-order valence-corrected chi connectivity index (χ0v) is 13.8. The molecule has 0 aromatic carbocycles. The number of nitrogens with zero attached hydrogens (tertiary/aromatic N) is 4. The summed E-state index contributed by atoms with van der Waals surface area (Å²) in [4.78, 5) is 31.5. The van der Waals surface area contributed by atoms with Crippen LogP contribution in [0.3, 0.4) is 0 Å². The Hall–Kier alpha value is -1.80. The highest BCUT2D eigenvalue weighted by atomic mass is 31.2. The molecule has 2 aliphatic rings. The van der Waals surface area contributed by atoms with Crippen molar-refractivity contribution in [1.29, 1.82) is 0 Å². The van der Waals surface area contributed by atoms with E-state index in [0.29, 0.717) is 23.7 Å². The van der Waals surface area contributed by atoms with E-state index in [0.717, 1.165) is 24.1 Å². The quantitative estimate of drug-likeness (QED) is 0.551. The maximum atomic E-state index is 11.4. The fourth-order valence-electron chi connectivity index (χ4n) is 3.00. The molecule has 1 aliphatic carbocycles. The van der Waals surface area contributed by atoms with Gasteiger partial charge in [0.15, 0.2) is 11.5 Å². The maximum absolute atomic E-state index is 11.4. The SMILES string of the molecule is C=C1C[C@@H](P(=O)(O)O)O[C@@H]1Cn1cnc2c(C3CC3)nc(N)nc21. The fourth-order valence-corrected chi connectivity index (χ4v) is 3.78. The molecule has 10 heteroatoms. The van der Waals surface area contributed by atoms with Gasteiger partial charge >= 0.3 is 7.60 Å². The highest BCUT2D eigenvalue weighted by Crippen LogP contribution is 2.49. The van der Waals surface area contributed by atoms with Gasteiger partial charge in [0.25, 0.3) is 0 Å². The first-order chi connectivity index (χ1) is 11.3. The second kappa shape index (κ2) is 5.35. The van der Waals surface area contributed by atoms with E-state index in [-0.39, 0.29) is 12.4 Å². The summed E-state index contributed by atoms with van der Waals surface area (Å²) >= 11 is 0. The number of imidazole rings is 1. The van der Waals surface area contributed by atoms with Crippen LogP contribution in [0.15, 0.2) is 18.5 Å². The van der Waals surface area contributed by atoms with E-state index in [4.69, 9.17) is 10.5 Å². The summed E-state index contributed by atoms with van der Waals surface area (Å²) < 4.78 is 18.7. The summed E-state index contributed by atoms with van der Waals surface area (Å²) in [7, 11) is -4.30. The van der Waals surface area contributed by atoms with Gasteiger partial charge in [-0.2, -0.15) is 4.98 Å². The van der Waals surface area contributed by atoms with Crippen molar-refractivity contribution in [2.24, 2.45) is 0 Å². The third kappa shape index (κ3) is 2.73. The second-order valence-electron chi connectivity index (χ2n) is 6.34. The lowest BCUT2D eigenvalue weighted by molar-refractivity contribution is 0.0717. The van der Waals surface area contributed by atoms with Crippen molar-refractivity contribution < 1.29 is 19.1 Å². The Labute approximate surface area is 137 Å².